The Kier molecular flexibility index (Phi) is 3.78. The van der Waals surface area contributed by atoms with Gasteiger partial charge in [-0.05, 0) is 24.1 Å². The Hall–Kier alpha value is -1.75. The molecule has 108 valence electrons. The zero-order valence-electron chi connectivity index (χ0n) is 11.9. The van der Waals surface area contributed by atoms with Crippen LogP contribution < -0.4 is 20.3 Å². The molecule has 0 atom stereocenters. The predicted molar refractivity (Wildman–Crippen MR) is 79.6 cm³/mol. The molecule has 3 rings (SSSR count). The van der Waals surface area contributed by atoms with Gasteiger partial charge in [-0.3, -0.25) is 4.79 Å². The van der Waals surface area contributed by atoms with E-state index in [0.29, 0.717) is 0 Å². The zero-order chi connectivity index (χ0) is 13.9. The average molecular weight is 275 g/mol. The first kappa shape index (κ1) is 13.2. The summed E-state index contributed by atoms with van der Waals surface area (Å²) in [5.41, 5.74) is 3.19. The summed E-state index contributed by atoms with van der Waals surface area (Å²) in [6.07, 6.45) is 2.11. The van der Waals surface area contributed by atoms with Crippen molar-refractivity contribution >= 4 is 17.3 Å². The number of ether oxygens (including phenoxy) is 1. The highest BCUT2D eigenvalue weighted by atomic mass is 16.5. The van der Waals surface area contributed by atoms with E-state index in [2.05, 4.69) is 28.5 Å². The second-order valence-electron chi connectivity index (χ2n) is 5.32. The molecular formula is C15H21N3O2. The van der Waals surface area contributed by atoms with Crippen LogP contribution in [0.5, 0.6) is 5.75 Å². The van der Waals surface area contributed by atoms with Crippen molar-refractivity contribution in [2.24, 2.45) is 0 Å². The van der Waals surface area contributed by atoms with Gasteiger partial charge in [-0.1, -0.05) is 13.3 Å². The number of amides is 1. The van der Waals surface area contributed by atoms with Crippen LogP contribution in [0.4, 0.5) is 11.4 Å². The summed E-state index contributed by atoms with van der Waals surface area (Å²) < 4.78 is 5.68. The van der Waals surface area contributed by atoms with Crippen molar-refractivity contribution in [2.75, 3.05) is 43.0 Å². The molecule has 1 amide bonds. The minimum Gasteiger partial charge on any atom is -0.479 e. The lowest BCUT2D eigenvalue weighted by atomic mass is 10.1. The van der Waals surface area contributed by atoms with Crippen molar-refractivity contribution in [3.05, 3.63) is 17.7 Å². The van der Waals surface area contributed by atoms with Crippen LogP contribution in [0, 0.1) is 0 Å². The molecule has 2 heterocycles. The number of piperazine rings is 1. The van der Waals surface area contributed by atoms with Crippen molar-refractivity contribution in [3.8, 4) is 5.75 Å². The van der Waals surface area contributed by atoms with E-state index in [4.69, 9.17) is 4.74 Å². The Morgan fingerprint density at radius 3 is 2.85 bits per heavy atom. The zero-order valence-corrected chi connectivity index (χ0v) is 11.9. The Labute approximate surface area is 119 Å². The first-order chi connectivity index (χ1) is 9.78. The maximum absolute atomic E-state index is 11.5. The van der Waals surface area contributed by atoms with Crippen molar-refractivity contribution in [3.63, 3.8) is 0 Å². The fraction of sp³-hybridized carbons (Fsp3) is 0.533. The van der Waals surface area contributed by atoms with Gasteiger partial charge in [0.2, 0.25) is 0 Å². The van der Waals surface area contributed by atoms with Crippen molar-refractivity contribution in [1.82, 2.24) is 5.32 Å². The highest BCUT2D eigenvalue weighted by Crippen LogP contribution is 2.39. The van der Waals surface area contributed by atoms with E-state index in [-0.39, 0.29) is 12.5 Å². The number of rotatable bonds is 3. The van der Waals surface area contributed by atoms with Crippen LogP contribution in [0.25, 0.3) is 0 Å². The highest BCUT2D eigenvalue weighted by molar-refractivity contribution is 5.97. The minimum atomic E-state index is -0.0718. The summed E-state index contributed by atoms with van der Waals surface area (Å²) in [5, 5.41) is 6.29. The molecule has 0 radical (unpaired) electrons. The molecule has 0 saturated carbocycles. The second kappa shape index (κ2) is 5.71. The molecule has 0 aliphatic carbocycles. The van der Waals surface area contributed by atoms with E-state index in [1.807, 2.05) is 6.07 Å². The predicted octanol–water partition coefficient (Wildman–Crippen LogP) is 1.38. The lowest BCUT2D eigenvalue weighted by Gasteiger charge is -2.33. The summed E-state index contributed by atoms with van der Waals surface area (Å²) in [6.45, 7) is 6.19. The van der Waals surface area contributed by atoms with Gasteiger partial charge in [0.05, 0.1) is 11.4 Å². The molecule has 1 aromatic rings. The molecule has 2 aliphatic heterocycles. The molecule has 0 unspecified atom stereocenters. The summed E-state index contributed by atoms with van der Waals surface area (Å²) >= 11 is 0. The summed E-state index contributed by atoms with van der Waals surface area (Å²) in [6, 6.07) is 4.26. The van der Waals surface area contributed by atoms with E-state index in [1.165, 1.54) is 5.56 Å². The third kappa shape index (κ3) is 2.58. The van der Waals surface area contributed by atoms with E-state index < -0.39 is 0 Å². The highest BCUT2D eigenvalue weighted by Gasteiger charge is 2.24. The molecule has 1 fully saturated rings. The molecule has 5 heteroatoms. The van der Waals surface area contributed by atoms with Gasteiger partial charge in [-0.2, -0.15) is 0 Å². The maximum Gasteiger partial charge on any atom is 0.262 e. The largest absolute Gasteiger partial charge is 0.479 e. The number of hydrogen-bond donors (Lipinski definition) is 2. The average Bonchev–Trinajstić information content (AvgIpc) is 2.47. The van der Waals surface area contributed by atoms with Crippen LogP contribution in [0.15, 0.2) is 12.1 Å². The Morgan fingerprint density at radius 1 is 1.30 bits per heavy atom. The van der Waals surface area contributed by atoms with E-state index in [0.717, 1.165) is 56.1 Å². The quantitative estimate of drug-likeness (QED) is 0.875. The molecule has 0 bridgehead atoms. The van der Waals surface area contributed by atoms with Gasteiger partial charge in [-0.15, -0.1) is 0 Å². The SMILES string of the molecule is CCCc1cc2c(c(N3CCNCC3)c1)OCC(=O)N2. The number of anilines is 2. The summed E-state index contributed by atoms with van der Waals surface area (Å²) in [7, 11) is 0. The van der Waals surface area contributed by atoms with Gasteiger partial charge < -0.3 is 20.3 Å². The van der Waals surface area contributed by atoms with Gasteiger partial charge in [0.25, 0.3) is 5.91 Å². The van der Waals surface area contributed by atoms with Crippen LogP contribution in [-0.4, -0.2) is 38.7 Å². The molecule has 2 aliphatic rings. The standard InChI is InChI=1S/C15H21N3O2/c1-2-3-11-8-12-15(20-10-14(19)17-12)13(9-11)18-6-4-16-5-7-18/h8-9,16H,2-7,10H2,1H3,(H,17,19). The van der Waals surface area contributed by atoms with Gasteiger partial charge in [0.1, 0.15) is 0 Å². The van der Waals surface area contributed by atoms with E-state index in [1.54, 1.807) is 0 Å². The topological polar surface area (TPSA) is 53.6 Å². The fourth-order valence-corrected chi connectivity index (χ4v) is 2.81. The number of fused-ring (bicyclic) bond motifs is 1. The Morgan fingerprint density at radius 2 is 2.10 bits per heavy atom. The molecule has 5 nitrogen and oxygen atoms in total. The monoisotopic (exact) mass is 275 g/mol. The summed E-state index contributed by atoms with van der Waals surface area (Å²) in [5.74, 6) is 0.753. The van der Waals surface area contributed by atoms with Crippen LogP contribution in [-0.2, 0) is 11.2 Å². The van der Waals surface area contributed by atoms with Crippen molar-refractivity contribution < 1.29 is 9.53 Å². The van der Waals surface area contributed by atoms with Crippen molar-refractivity contribution in [2.45, 2.75) is 19.8 Å². The molecule has 20 heavy (non-hydrogen) atoms. The lowest BCUT2D eigenvalue weighted by molar-refractivity contribution is -0.118. The van der Waals surface area contributed by atoms with Gasteiger partial charge in [0, 0.05) is 26.2 Å². The number of benzene rings is 1. The molecule has 2 N–H and O–H groups in total. The second-order valence-corrected chi connectivity index (χ2v) is 5.32. The fourth-order valence-electron chi connectivity index (χ4n) is 2.81. The Balaban J connectivity index is 1.99. The maximum atomic E-state index is 11.5. The van der Waals surface area contributed by atoms with Crippen LogP contribution in [0.3, 0.4) is 0 Å². The van der Waals surface area contributed by atoms with Gasteiger partial charge in [0.15, 0.2) is 12.4 Å². The van der Waals surface area contributed by atoms with Gasteiger partial charge >= 0.3 is 0 Å². The van der Waals surface area contributed by atoms with Gasteiger partial charge in [-0.25, -0.2) is 0 Å². The first-order valence-electron chi connectivity index (χ1n) is 7.33. The Bertz CT molecular complexity index is 510. The molecule has 0 aromatic heterocycles. The van der Waals surface area contributed by atoms with Crippen molar-refractivity contribution in [1.29, 1.82) is 0 Å². The smallest absolute Gasteiger partial charge is 0.262 e. The molecule has 1 saturated heterocycles. The van der Waals surface area contributed by atoms with E-state index >= 15 is 0 Å². The lowest BCUT2D eigenvalue weighted by Crippen LogP contribution is -2.44. The normalized spacial score (nSPS) is 18.2. The molecule has 1 aromatic carbocycles. The molecular weight excluding hydrogens is 254 g/mol. The van der Waals surface area contributed by atoms with Crippen LogP contribution in [0.2, 0.25) is 0 Å². The van der Waals surface area contributed by atoms with Crippen LogP contribution in [0.1, 0.15) is 18.9 Å². The number of carbonyl (C=O) groups excluding carboxylic acids is 1. The number of hydrogen-bond acceptors (Lipinski definition) is 4. The third-order valence-corrected chi connectivity index (χ3v) is 3.75. The number of nitrogens with zero attached hydrogens (tertiary/aromatic N) is 1. The first-order valence-corrected chi connectivity index (χ1v) is 7.33. The van der Waals surface area contributed by atoms with Crippen LogP contribution >= 0.6 is 0 Å². The molecule has 0 spiro atoms. The summed E-state index contributed by atoms with van der Waals surface area (Å²) in [4.78, 5) is 13.9. The number of nitrogens with one attached hydrogen (secondary N) is 2. The number of carbonyl (C=O) groups is 1. The van der Waals surface area contributed by atoms with E-state index in [9.17, 15) is 4.79 Å². The number of aryl methyl sites for hydroxylation is 1. The minimum absolute atomic E-state index is 0.0718. The third-order valence-electron chi connectivity index (χ3n) is 3.75.